The molecule has 4 N–H and O–H groups in total. The lowest BCUT2D eigenvalue weighted by Crippen LogP contribution is -2.32. The van der Waals surface area contributed by atoms with Crippen LogP contribution in [0.15, 0.2) is 30.3 Å². The minimum atomic E-state index is -0.743. The summed E-state index contributed by atoms with van der Waals surface area (Å²) in [6.45, 7) is -0.270. The molecule has 0 aliphatic heterocycles. The monoisotopic (exact) mass is 320 g/mol. The summed E-state index contributed by atoms with van der Waals surface area (Å²) in [6.07, 6.45) is 0. The zero-order chi connectivity index (χ0) is 16.8. The highest BCUT2D eigenvalue weighted by atomic mass is 16.3. The maximum Gasteiger partial charge on any atom is 0.224 e. The van der Waals surface area contributed by atoms with Gasteiger partial charge in [0.25, 0.3) is 0 Å². The molecule has 1 fully saturated rings. The average molecular weight is 320 g/mol. The van der Waals surface area contributed by atoms with Crippen molar-refractivity contribution in [1.82, 2.24) is 10.6 Å². The van der Waals surface area contributed by atoms with Crippen LogP contribution in [0.2, 0.25) is 0 Å². The van der Waals surface area contributed by atoms with Crippen molar-refractivity contribution in [1.29, 1.82) is 0 Å². The molecule has 3 atom stereocenters. The van der Waals surface area contributed by atoms with Crippen LogP contribution < -0.4 is 10.6 Å². The normalized spacial score (nSPS) is 22.3. The number of nitrogens with one attached hydrogen (secondary N) is 2. The van der Waals surface area contributed by atoms with Crippen molar-refractivity contribution in [3.8, 4) is 0 Å². The lowest BCUT2D eigenvalue weighted by Gasteiger charge is -2.03. The Balaban J connectivity index is 2.12. The maximum atomic E-state index is 12.5. The van der Waals surface area contributed by atoms with Gasteiger partial charge in [-0.15, -0.1) is 0 Å². The summed E-state index contributed by atoms with van der Waals surface area (Å²) in [5.41, 5.74) is 0.454. The third kappa shape index (κ3) is 3.94. The van der Waals surface area contributed by atoms with E-state index < -0.39 is 29.6 Å². The molecule has 1 aliphatic carbocycles. The molecule has 0 radical (unpaired) electrons. The molecule has 7 heteroatoms. The molecule has 0 spiro atoms. The number of hydrogen-bond acceptors (Lipinski definition) is 5. The van der Waals surface area contributed by atoms with Crippen molar-refractivity contribution in [2.45, 2.75) is 0 Å². The molecular formula is C16H20N2O5. The van der Waals surface area contributed by atoms with Crippen LogP contribution in [0, 0.1) is 17.8 Å². The Kier molecular flexibility index (Phi) is 5.84. The van der Waals surface area contributed by atoms with E-state index in [4.69, 9.17) is 10.2 Å². The summed E-state index contributed by atoms with van der Waals surface area (Å²) in [5, 5.41) is 22.5. The first-order valence-electron chi connectivity index (χ1n) is 7.48. The van der Waals surface area contributed by atoms with Gasteiger partial charge in [0.2, 0.25) is 11.8 Å². The van der Waals surface area contributed by atoms with Gasteiger partial charge >= 0.3 is 0 Å². The summed E-state index contributed by atoms with van der Waals surface area (Å²) < 4.78 is 0. The highest BCUT2D eigenvalue weighted by Gasteiger charge is 2.62. The van der Waals surface area contributed by atoms with Gasteiger partial charge in [-0.25, -0.2) is 0 Å². The third-order valence-corrected chi connectivity index (χ3v) is 3.81. The summed E-state index contributed by atoms with van der Waals surface area (Å²) in [5.74, 6) is -3.29. The second-order valence-corrected chi connectivity index (χ2v) is 5.34. The quantitative estimate of drug-likeness (QED) is 0.456. The largest absolute Gasteiger partial charge is 0.395 e. The third-order valence-electron chi connectivity index (χ3n) is 3.81. The lowest BCUT2D eigenvalue weighted by molar-refractivity contribution is -0.127. The fraction of sp³-hybridized carbons (Fsp3) is 0.438. The van der Waals surface area contributed by atoms with Crippen LogP contribution in [0.4, 0.5) is 0 Å². The number of Topliss-reactive ketones (excluding diaryl/α,β-unsaturated/α-hetero) is 1. The second kappa shape index (κ2) is 7.85. The number of carbonyl (C=O) groups excluding carboxylic acids is 3. The second-order valence-electron chi connectivity index (χ2n) is 5.34. The molecular weight excluding hydrogens is 300 g/mol. The van der Waals surface area contributed by atoms with Gasteiger partial charge in [-0.2, -0.15) is 0 Å². The van der Waals surface area contributed by atoms with Gasteiger partial charge in [0.1, 0.15) is 0 Å². The van der Waals surface area contributed by atoms with Crippen LogP contribution in [0.1, 0.15) is 10.4 Å². The van der Waals surface area contributed by atoms with E-state index in [2.05, 4.69) is 10.6 Å². The number of carbonyl (C=O) groups is 3. The van der Waals surface area contributed by atoms with Crippen molar-refractivity contribution in [3.05, 3.63) is 35.9 Å². The van der Waals surface area contributed by atoms with E-state index in [9.17, 15) is 14.4 Å². The number of aliphatic hydroxyl groups excluding tert-OH is 2. The van der Waals surface area contributed by atoms with Gasteiger partial charge in [0, 0.05) is 24.6 Å². The number of benzene rings is 1. The van der Waals surface area contributed by atoms with Crippen molar-refractivity contribution in [3.63, 3.8) is 0 Å². The van der Waals surface area contributed by atoms with Crippen molar-refractivity contribution < 1.29 is 24.6 Å². The molecule has 0 bridgehead atoms. The minimum Gasteiger partial charge on any atom is -0.395 e. The summed E-state index contributed by atoms with van der Waals surface area (Å²) >= 11 is 0. The maximum absolute atomic E-state index is 12.5. The Labute approximate surface area is 133 Å². The van der Waals surface area contributed by atoms with Gasteiger partial charge in [-0.3, -0.25) is 14.4 Å². The molecule has 1 unspecified atom stereocenters. The van der Waals surface area contributed by atoms with Gasteiger partial charge in [0.05, 0.1) is 25.0 Å². The van der Waals surface area contributed by atoms with E-state index in [1.54, 1.807) is 30.3 Å². The average Bonchev–Trinajstić information content (AvgIpc) is 3.33. The van der Waals surface area contributed by atoms with Crippen LogP contribution in [0.3, 0.4) is 0 Å². The van der Waals surface area contributed by atoms with Gasteiger partial charge in [-0.1, -0.05) is 30.3 Å². The van der Waals surface area contributed by atoms with E-state index in [-0.39, 0.29) is 32.1 Å². The SMILES string of the molecule is O=C(c1ccccc1)C1[C@@H](C(=O)NCCO)[C@H]1C(=O)NCCO. The van der Waals surface area contributed by atoms with E-state index in [1.165, 1.54) is 0 Å². The highest BCUT2D eigenvalue weighted by molar-refractivity contribution is 6.09. The fourth-order valence-corrected chi connectivity index (χ4v) is 2.68. The zero-order valence-corrected chi connectivity index (χ0v) is 12.6. The van der Waals surface area contributed by atoms with Gasteiger partial charge in [-0.05, 0) is 0 Å². The highest BCUT2D eigenvalue weighted by Crippen LogP contribution is 2.48. The Bertz CT molecular complexity index is 549. The number of aliphatic hydroxyl groups is 2. The van der Waals surface area contributed by atoms with Gasteiger partial charge < -0.3 is 20.8 Å². The molecule has 7 nitrogen and oxygen atoms in total. The number of ketones is 1. The molecule has 124 valence electrons. The standard InChI is InChI=1S/C16H20N2O5/c19-8-6-17-15(22)12-11(13(12)16(23)18-7-9-20)14(21)10-4-2-1-3-5-10/h1-5,11-13,19-20H,6-9H2,(H,17,22)(H,18,23)/t11?,12-,13+. The fourth-order valence-electron chi connectivity index (χ4n) is 2.68. The first-order chi connectivity index (χ1) is 11.1. The van der Waals surface area contributed by atoms with E-state index in [0.717, 1.165) is 0 Å². The van der Waals surface area contributed by atoms with E-state index in [0.29, 0.717) is 5.56 Å². The van der Waals surface area contributed by atoms with Crippen molar-refractivity contribution in [2.75, 3.05) is 26.3 Å². The van der Waals surface area contributed by atoms with Crippen molar-refractivity contribution in [2.24, 2.45) is 17.8 Å². The minimum absolute atomic E-state index is 0.0760. The first kappa shape index (κ1) is 17.1. The van der Waals surface area contributed by atoms with Crippen LogP contribution in [0.5, 0.6) is 0 Å². The van der Waals surface area contributed by atoms with Crippen LogP contribution >= 0.6 is 0 Å². The molecule has 0 saturated heterocycles. The topological polar surface area (TPSA) is 116 Å². The molecule has 0 aromatic heterocycles. The predicted molar refractivity (Wildman–Crippen MR) is 81.4 cm³/mol. The van der Waals surface area contributed by atoms with Crippen molar-refractivity contribution >= 4 is 17.6 Å². The predicted octanol–water partition coefficient (Wildman–Crippen LogP) is -1.05. The first-order valence-corrected chi connectivity index (χ1v) is 7.48. The Morgan fingerprint density at radius 1 is 0.826 bits per heavy atom. The molecule has 1 aliphatic rings. The Morgan fingerprint density at radius 2 is 1.30 bits per heavy atom. The van der Waals surface area contributed by atoms with Crippen LogP contribution in [0.25, 0.3) is 0 Å². The molecule has 23 heavy (non-hydrogen) atoms. The Morgan fingerprint density at radius 3 is 1.74 bits per heavy atom. The molecule has 2 rings (SSSR count). The molecule has 1 saturated carbocycles. The van der Waals surface area contributed by atoms with E-state index >= 15 is 0 Å². The molecule has 0 heterocycles. The van der Waals surface area contributed by atoms with Crippen LogP contribution in [-0.2, 0) is 9.59 Å². The number of rotatable bonds is 8. The summed E-state index contributed by atoms with van der Waals surface area (Å²) in [4.78, 5) is 36.7. The Hall–Kier alpha value is -2.25. The number of amides is 2. The molecule has 1 aromatic carbocycles. The van der Waals surface area contributed by atoms with Gasteiger partial charge in [0.15, 0.2) is 5.78 Å². The number of hydrogen-bond donors (Lipinski definition) is 4. The van der Waals surface area contributed by atoms with Crippen LogP contribution in [-0.4, -0.2) is 54.1 Å². The molecule has 2 amide bonds. The lowest BCUT2D eigenvalue weighted by atomic mass is 10.1. The molecule has 1 aromatic rings. The van der Waals surface area contributed by atoms with E-state index in [1.807, 2.05) is 0 Å². The zero-order valence-electron chi connectivity index (χ0n) is 12.6. The summed E-state index contributed by atoms with van der Waals surface area (Å²) in [6, 6.07) is 8.51. The smallest absolute Gasteiger partial charge is 0.224 e. The summed E-state index contributed by atoms with van der Waals surface area (Å²) in [7, 11) is 0.